The van der Waals surface area contributed by atoms with Crippen molar-refractivity contribution in [3.63, 3.8) is 0 Å². The van der Waals surface area contributed by atoms with Gasteiger partial charge in [-0.1, -0.05) is 11.6 Å². The van der Waals surface area contributed by atoms with Crippen molar-refractivity contribution in [1.29, 1.82) is 0 Å². The third-order valence-electron chi connectivity index (χ3n) is 3.35. The summed E-state index contributed by atoms with van der Waals surface area (Å²) >= 11 is 6.26. The summed E-state index contributed by atoms with van der Waals surface area (Å²) in [4.78, 5) is 2.51. The van der Waals surface area contributed by atoms with Crippen molar-refractivity contribution < 1.29 is 8.42 Å². The van der Waals surface area contributed by atoms with Gasteiger partial charge in [0, 0.05) is 31.9 Å². The lowest BCUT2D eigenvalue weighted by Gasteiger charge is -2.34. The number of benzene rings is 1. The molecule has 6 heteroatoms. The van der Waals surface area contributed by atoms with Crippen molar-refractivity contribution in [3.05, 3.63) is 22.7 Å². The highest BCUT2D eigenvalue weighted by atomic mass is 35.5. The minimum absolute atomic E-state index is 0.310. The fourth-order valence-corrected chi connectivity index (χ4v) is 3.76. The maximum Gasteiger partial charge on any atom is 0.175 e. The van der Waals surface area contributed by atoms with Crippen LogP contribution in [0.25, 0.3) is 0 Å². The van der Waals surface area contributed by atoms with E-state index in [0.717, 1.165) is 30.9 Å². The van der Waals surface area contributed by atoms with E-state index in [2.05, 4.69) is 17.1 Å². The van der Waals surface area contributed by atoms with Crippen molar-refractivity contribution in [3.8, 4) is 0 Å². The zero-order chi connectivity index (χ0) is 14.2. The number of anilines is 1. The molecule has 4 nitrogen and oxygen atoms in total. The number of hydrogen-bond donors (Lipinski definition) is 1. The number of piperazine rings is 1. The normalized spacial score (nSPS) is 20.6. The molecular formula is C13H19ClN2O2S. The summed E-state index contributed by atoms with van der Waals surface area (Å²) in [6.45, 7) is 6.59. The van der Waals surface area contributed by atoms with E-state index in [-0.39, 0.29) is 0 Å². The van der Waals surface area contributed by atoms with E-state index in [9.17, 15) is 8.42 Å². The summed E-state index contributed by atoms with van der Waals surface area (Å²) in [6.07, 6.45) is 1.21. The molecule has 1 N–H and O–H groups in total. The molecule has 0 saturated carbocycles. The molecule has 2 rings (SSSR count). The van der Waals surface area contributed by atoms with E-state index in [0.29, 0.717) is 16.0 Å². The van der Waals surface area contributed by atoms with Crippen LogP contribution >= 0.6 is 11.6 Å². The van der Waals surface area contributed by atoms with Gasteiger partial charge in [-0.05, 0) is 31.5 Å². The van der Waals surface area contributed by atoms with Gasteiger partial charge in [0.25, 0.3) is 0 Å². The molecule has 0 spiro atoms. The number of halogens is 1. The highest BCUT2D eigenvalue weighted by Crippen LogP contribution is 2.31. The van der Waals surface area contributed by atoms with E-state index < -0.39 is 9.84 Å². The largest absolute Gasteiger partial charge is 0.367 e. The van der Waals surface area contributed by atoms with Crippen molar-refractivity contribution in [2.75, 3.05) is 30.8 Å². The third-order valence-corrected chi connectivity index (χ3v) is 4.89. The molecule has 1 aromatic rings. The molecule has 1 aliphatic rings. The molecule has 0 aromatic heterocycles. The molecule has 106 valence electrons. The van der Waals surface area contributed by atoms with Gasteiger partial charge in [0.15, 0.2) is 9.84 Å². The number of nitrogens with zero attached hydrogens (tertiary/aromatic N) is 1. The van der Waals surface area contributed by atoms with Crippen LogP contribution in [0.4, 0.5) is 5.69 Å². The predicted octanol–water partition coefficient (Wildman–Crippen LogP) is 1.85. The lowest BCUT2D eigenvalue weighted by atomic mass is 10.1. The molecule has 0 radical (unpaired) electrons. The van der Waals surface area contributed by atoms with E-state index in [1.165, 1.54) is 6.26 Å². The second-order valence-electron chi connectivity index (χ2n) is 5.14. The Labute approximate surface area is 119 Å². The van der Waals surface area contributed by atoms with Crippen molar-refractivity contribution in [2.45, 2.75) is 24.8 Å². The van der Waals surface area contributed by atoms with Crippen LogP contribution < -0.4 is 10.2 Å². The second kappa shape index (κ2) is 5.31. The summed E-state index contributed by atoms with van der Waals surface area (Å²) in [5, 5.41) is 3.87. The van der Waals surface area contributed by atoms with Gasteiger partial charge in [-0.3, -0.25) is 0 Å². The molecule has 19 heavy (non-hydrogen) atoms. The Balaban J connectivity index is 2.41. The van der Waals surface area contributed by atoms with E-state index in [1.807, 2.05) is 13.0 Å². The Hall–Kier alpha value is -0.780. The molecule has 0 bridgehead atoms. The zero-order valence-corrected chi connectivity index (χ0v) is 13.0. The van der Waals surface area contributed by atoms with Crippen molar-refractivity contribution in [1.82, 2.24) is 5.32 Å². The summed E-state index contributed by atoms with van der Waals surface area (Å²) in [5.41, 5.74) is 1.66. The van der Waals surface area contributed by atoms with Gasteiger partial charge in [0.1, 0.15) is 0 Å². The summed E-state index contributed by atoms with van der Waals surface area (Å²) < 4.78 is 23.3. The van der Waals surface area contributed by atoms with E-state index >= 15 is 0 Å². The average Bonchev–Trinajstić information content (AvgIpc) is 2.30. The first-order valence-electron chi connectivity index (χ1n) is 6.27. The monoisotopic (exact) mass is 302 g/mol. The molecule has 0 amide bonds. The van der Waals surface area contributed by atoms with Gasteiger partial charge in [-0.2, -0.15) is 0 Å². The predicted molar refractivity (Wildman–Crippen MR) is 79.0 cm³/mol. The quantitative estimate of drug-likeness (QED) is 0.906. The van der Waals surface area contributed by atoms with Gasteiger partial charge in [-0.15, -0.1) is 0 Å². The van der Waals surface area contributed by atoms with Gasteiger partial charge in [-0.25, -0.2) is 8.42 Å². The van der Waals surface area contributed by atoms with Crippen LogP contribution in [-0.2, 0) is 9.84 Å². The van der Waals surface area contributed by atoms with Gasteiger partial charge >= 0.3 is 0 Å². The minimum atomic E-state index is -3.23. The van der Waals surface area contributed by atoms with Crippen molar-refractivity contribution in [2.24, 2.45) is 0 Å². The molecule has 0 aliphatic carbocycles. The lowest BCUT2D eigenvalue weighted by Crippen LogP contribution is -2.49. The molecule has 1 saturated heterocycles. The first-order valence-corrected chi connectivity index (χ1v) is 8.54. The molecule has 1 aromatic carbocycles. The fourth-order valence-electron chi connectivity index (χ4n) is 2.44. The number of sulfone groups is 1. The molecular weight excluding hydrogens is 284 g/mol. The number of hydrogen-bond acceptors (Lipinski definition) is 4. The number of rotatable bonds is 2. The highest BCUT2D eigenvalue weighted by molar-refractivity contribution is 7.90. The molecule has 1 heterocycles. The number of aryl methyl sites for hydroxylation is 1. The van der Waals surface area contributed by atoms with Crippen LogP contribution in [0, 0.1) is 6.92 Å². The molecule has 1 unspecified atom stereocenters. The summed E-state index contributed by atoms with van der Waals surface area (Å²) in [7, 11) is -3.23. The van der Waals surface area contributed by atoms with Crippen LogP contribution in [0.2, 0.25) is 5.02 Å². The SMILES string of the molecule is Cc1cc(N2CCNC(C)C2)c(Cl)cc1S(C)(=O)=O. The lowest BCUT2D eigenvalue weighted by molar-refractivity contribution is 0.485. The standard InChI is InChI=1S/C13H19ClN2O2S/c1-9-6-12(16-5-4-15-10(2)8-16)11(14)7-13(9)19(3,17)18/h6-7,10,15H,4-5,8H2,1-3H3. The molecule has 1 atom stereocenters. The topological polar surface area (TPSA) is 49.4 Å². The molecule has 1 aliphatic heterocycles. The van der Waals surface area contributed by atoms with Crippen molar-refractivity contribution >= 4 is 27.1 Å². The third kappa shape index (κ3) is 3.22. The zero-order valence-electron chi connectivity index (χ0n) is 11.4. The Bertz CT molecular complexity index is 587. The Kier molecular flexibility index (Phi) is 4.08. The van der Waals surface area contributed by atoms with Crippen LogP contribution in [0.1, 0.15) is 12.5 Å². The van der Waals surface area contributed by atoms with Crippen LogP contribution in [0.3, 0.4) is 0 Å². The first kappa shape index (κ1) is 14.6. The Morgan fingerprint density at radius 3 is 2.68 bits per heavy atom. The highest BCUT2D eigenvalue weighted by Gasteiger charge is 2.21. The minimum Gasteiger partial charge on any atom is -0.367 e. The Morgan fingerprint density at radius 1 is 1.42 bits per heavy atom. The summed E-state index contributed by atoms with van der Waals surface area (Å²) in [5.74, 6) is 0. The molecule has 1 fully saturated rings. The van der Waals surface area contributed by atoms with Crippen LogP contribution in [0.15, 0.2) is 17.0 Å². The van der Waals surface area contributed by atoms with E-state index in [1.54, 1.807) is 6.07 Å². The van der Waals surface area contributed by atoms with Gasteiger partial charge in [0.05, 0.1) is 15.6 Å². The van der Waals surface area contributed by atoms with Gasteiger partial charge < -0.3 is 10.2 Å². The first-order chi connectivity index (χ1) is 8.79. The second-order valence-corrected chi connectivity index (χ2v) is 7.53. The van der Waals surface area contributed by atoms with Crippen LogP contribution in [-0.4, -0.2) is 40.3 Å². The summed E-state index contributed by atoms with van der Waals surface area (Å²) in [6, 6.07) is 3.84. The van der Waals surface area contributed by atoms with Crippen LogP contribution in [0.5, 0.6) is 0 Å². The van der Waals surface area contributed by atoms with Gasteiger partial charge in [0.2, 0.25) is 0 Å². The smallest absolute Gasteiger partial charge is 0.175 e. The number of nitrogens with one attached hydrogen (secondary N) is 1. The maximum atomic E-state index is 11.7. The fraction of sp³-hybridized carbons (Fsp3) is 0.538. The average molecular weight is 303 g/mol. The van der Waals surface area contributed by atoms with E-state index in [4.69, 9.17) is 11.6 Å². The Morgan fingerprint density at radius 2 is 2.11 bits per heavy atom. The maximum absolute atomic E-state index is 11.7.